The van der Waals surface area contributed by atoms with E-state index in [1.54, 1.807) is 0 Å². The normalized spacial score (nSPS) is 27.5. The zero-order valence-corrected chi connectivity index (χ0v) is 12.7. The van der Waals surface area contributed by atoms with Crippen LogP contribution >= 0.6 is 0 Å². The number of aliphatic carboxylic acids is 1. The third-order valence-electron chi connectivity index (χ3n) is 4.13. The van der Waals surface area contributed by atoms with Gasteiger partial charge >= 0.3 is 5.97 Å². The molecule has 0 aliphatic heterocycles. The molecule has 0 spiro atoms. The van der Waals surface area contributed by atoms with Gasteiger partial charge in [-0.25, -0.2) is 0 Å². The van der Waals surface area contributed by atoms with Crippen LogP contribution in [0, 0.1) is 23.7 Å². The lowest BCUT2D eigenvalue weighted by molar-refractivity contribution is -0.138. The molecule has 0 heterocycles. The van der Waals surface area contributed by atoms with Crippen molar-refractivity contribution in [3.63, 3.8) is 0 Å². The fraction of sp³-hybridized carbons (Fsp3) is 0.688. The van der Waals surface area contributed by atoms with E-state index in [2.05, 4.69) is 17.3 Å². The number of hydroxylamine groups is 1. The Kier molecular flexibility index (Phi) is 5.83. The molecule has 0 bridgehead atoms. The third kappa shape index (κ3) is 4.01. The maximum Gasteiger partial charge on any atom is 0.305 e. The van der Waals surface area contributed by atoms with Crippen molar-refractivity contribution in [2.45, 2.75) is 51.2 Å². The fourth-order valence-corrected chi connectivity index (χ4v) is 2.88. The molecule has 0 saturated heterocycles. The van der Waals surface area contributed by atoms with E-state index in [0.717, 1.165) is 17.7 Å². The molecule has 0 amide bonds. The first-order valence-corrected chi connectivity index (χ1v) is 7.71. The predicted molar refractivity (Wildman–Crippen MR) is 79.3 cm³/mol. The SMILES string of the molecule is CCCC(O)C#CC1CC2=C(NOCCC(=O)O)CC2C1O. The summed E-state index contributed by atoms with van der Waals surface area (Å²) in [6, 6.07) is 0. The van der Waals surface area contributed by atoms with Crippen molar-refractivity contribution >= 4 is 5.97 Å². The highest BCUT2D eigenvalue weighted by Gasteiger charge is 2.45. The molecular formula is C16H23NO5. The number of allylic oxidation sites excluding steroid dienone is 1. The summed E-state index contributed by atoms with van der Waals surface area (Å²) in [5, 5.41) is 28.4. The summed E-state index contributed by atoms with van der Waals surface area (Å²) in [5.74, 6) is 4.86. The van der Waals surface area contributed by atoms with E-state index >= 15 is 0 Å². The topological polar surface area (TPSA) is 99.0 Å². The Hall–Kier alpha value is -1.55. The summed E-state index contributed by atoms with van der Waals surface area (Å²) < 4.78 is 0. The number of carbonyl (C=O) groups is 1. The molecule has 1 fully saturated rings. The minimum absolute atomic E-state index is 0.0505. The Balaban J connectivity index is 1.84. The van der Waals surface area contributed by atoms with Crippen LogP contribution in [-0.2, 0) is 9.63 Å². The lowest BCUT2D eigenvalue weighted by Crippen LogP contribution is -2.32. The second-order valence-electron chi connectivity index (χ2n) is 5.80. The van der Waals surface area contributed by atoms with E-state index < -0.39 is 18.2 Å². The number of nitrogens with one attached hydrogen (secondary N) is 1. The Morgan fingerprint density at radius 1 is 1.50 bits per heavy atom. The number of carboxylic acid groups (broad SMARTS) is 1. The van der Waals surface area contributed by atoms with Gasteiger partial charge in [0.25, 0.3) is 0 Å². The summed E-state index contributed by atoms with van der Waals surface area (Å²) in [6.45, 7) is 2.09. The largest absolute Gasteiger partial charge is 0.481 e. The van der Waals surface area contributed by atoms with Gasteiger partial charge in [0.2, 0.25) is 0 Å². The van der Waals surface area contributed by atoms with Gasteiger partial charge in [0.15, 0.2) is 0 Å². The summed E-state index contributed by atoms with van der Waals surface area (Å²) in [7, 11) is 0. The number of aliphatic hydroxyl groups excluding tert-OH is 2. The molecule has 0 aromatic heterocycles. The van der Waals surface area contributed by atoms with Crippen LogP contribution in [0.2, 0.25) is 0 Å². The molecule has 4 unspecified atom stereocenters. The second-order valence-corrected chi connectivity index (χ2v) is 5.80. The summed E-state index contributed by atoms with van der Waals surface area (Å²) in [6.07, 6.45) is 1.71. The van der Waals surface area contributed by atoms with E-state index in [0.29, 0.717) is 19.3 Å². The third-order valence-corrected chi connectivity index (χ3v) is 4.13. The average Bonchev–Trinajstić information content (AvgIpc) is 2.68. The molecule has 0 aromatic rings. The van der Waals surface area contributed by atoms with E-state index in [9.17, 15) is 15.0 Å². The van der Waals surface area contributed by atoms with Crippen LogP contribution in [0.1, 0.15) is 39.0 Å². The van der Waals surface area contributed by atoms with Gasteiger partial charge in [-0.3, -0.25) is 15.1 Å². The first-order chi connectivity index (χ1) is 10.5. The molecule has 122 valence electrons. The van der Waals surface area contributed by atoms with Crippen molar-refractivity contribution in [1.82, 2.24) is 5.48 Å². The molecule has 4 atom stereocenters. The molecule has 2 aliphatic carbocycles. The lowest BCUT2D eigenvalue weighted by Gasteiger charge is -2.30. The number of rotatable bonds is 7. The zero-order valence-electron chi connectivity index (χ0n) is 12.7. The molecule has 6 heteroatoms. The van der Waals surface area contributed by atoms with Gasteiger partial charge in [-0.2, -0.15) is 0 Å². The maximum atomic E-state index is 10.4. The van der Waals surface area contributed by atoms with Gasteiger partial charge in [0.1, 0.15) is 6.10 Å². The minimum atomic E-state index is -0.900. The molecule has 0 aromatic carbocycles. The highest BCUT2D eigenvalue weighted by Crippen LogP contribution is 2.48. The van der Waals surface area contributed by atoms with Crippen molar-refractivity contribution in [3.8, 4) is 11.8 Å². The number of hydrogen-bond acceptors (Lipinski definition) is 5. The molecule has 4 N–H and O–H groups in total. The van der Waals surface area contributed by atoms with Gasteiger partial charge in [-0.05, 0) is 24.8 Å². The monoisotopic (exact) mass is 309 g/mol. The van der Waals surface area contributed by atoms with Crippen molar-refractivity contribution in [1.29, 1.82) is 0 Å². The Morgan fingerprint density at radius 3 is 2.95 bits per heavy atom. The van der Waals surface area contributed by atoms with E-state index in [-0.39, 0.29) is 24.9 Å². The van der Waals surface area contributed by atoms with E-state index in [1.807, 2.05) is 6.92 Å². The van der Waals surface area contributed by atoms with Crippen LogP contribution in [0.5, 0.6) is 0 Å². The van der Waals surface area contributed by atoms with Crippen molar-refractivity contribution < 1.29 is 25.0 Å². The minimum Gasteiger partial charge on any atom is -0.481 e. The van der Waals surface area contributed by atoms with Crippen LogP contribution < -0.4 is 5.48 Å². The fourth-order valence-electron chi connectivity index (χ4n) is 2.88. The number of aliphatic hydroxyl groups is 2. The average molecular weight is 309 g/mol. The summed E-state index contributed by atoms with van der Waals surface area (Å²) in [5.41, 5.74) is 4.81. The molecule has 1 saturated carbocycles. The van der Waals surface area contributed by atoms with Gasteiger partial charge < -0.3 is 15.3 Å². The Bertz CT molecular complexity index is 504. The number of hydrogen-bond donors (Lipinski definition) is 4. The van der Waals surface area contributed by atoms with E-state index in [4.69, 9.17) is 9.94 Å². The van der Waals surface area contributed by atoms with Crippen LogP contribution in [0.15, 0.2) is 11.3 Å². The van der Waals surface area contributed by atoms with Crippen molar-refractivity contribution in [3.05, 3.63) is 11.3 Å². The second kappa shape index (κ2) is 7.63. The van der Waals surface area contributed by atoms with Crippen molar-refractivity contribution in [2.75, 3.05) is 6.61 Å². The summed E-state index contributed by atoms with van der Waals surface area (Å²) in [4.78, 5) is 15.5. The van der Waals surface area contributed by atoms with Crippen LogP contribution in [0.4, 0.5) is 0 Å². The predicted octanol–water partition coefficient (Wildman–Crippen LogP) is 0.801. The van der Waals surface area contributed by atoms with Crippen LogP contribution in [-0.4, -0.2) is 40.1 Å². The maximum absolute atomic E-state index is 10.4. The highest BCUT2D eigenvalue weighted by molar-refractivity contribution is 5.66. The smallest absolute Gasteiger partial charge is 0.305 e. The van der Waals surface area contributed by atoms with Crippen molar-refractivity contribution in [2.24, 2.45) is 11.8 Å². The standard InChI is InChI=1S/C16H23NO5/c1-2-3-11(18)5-4-10-8-12-13(16(10)21)9-14(12)17-22-7-6-15(19)20/h10-11,13,16-18,21H,2-3,6-9H2,1H3,(H,19,20). The zero-order chi connectivity index (χ0) is 16.1. The number of fused-ring (bicyclic) bond motifs is 1. The quantitative estimate of drug-likeness (QED) is 0.315. The lowest BCUT2D eigenvalue weighted by atomic mass is 9.83. The van der Waals surface area contributed by atoms with Gasteiger partial charge in [0, 0.05) is 11.6 Å². The number of carboxylic acids is 1. The van der Waals surface area contributed by atoms with Gasteiger partial charge in [0.05, 0.1) is 25.0 Å². The first-order valence-electron chi connectivity index (χ1n) is 7.71. The van der Waals surface area contributed by atoms with E-state index in [1.165, 1.54) is 0 Å². The Labute approximate surface area is 130 Å². The highest BCUT2D eigenvalue weighted by atomic mass is 16.6. The molecule has 0 radical (unpaired) electrons. The molecule has 6 nitrogen and oxygen atoms in total. The molecule has 2 aliphatic rings. The van der Waals surface area contributed by atoms with Gasteiger partial charge in [-0.15, -0.1) is 0 Å². The van der Waals surface area contributed by atoms with Crippen LogP contribution in [0.3, 0.4) is 0 Å². The molecular weight excluding hydrogens is 286 g/mol. The molecule has 22 heavy (non-hydrogen) atoms. The molecule has 2 rings (SSSR count). The summed E-state index contributed by atoms with van der Waals surface area (Å²) >= 11 is 0. The Morgan fingerprint density at radius 2 is 2.27 bits per heavy atom. The van der Waals surface area contributed by atoms with Gasteiger partial charge in [-0.1, -0.05) is 25.2 Å². The van der Waals surface area contributed by atoms with Crippen LogP contribution in [0.25, 0.3) is 0 Å². The first kappa shape index (κ1) is 16.8.